The molecule has 0 saturated carbocycles. The number of anilines is 3. The zero-order valence-corrected chi connectivity index (χ0v) is 21.2. The van der Waals surface area contributed by atoms with Gasteiger partial charge in [0.25, 0.3) is 5.91 Å². The van der Waals surface area contributed by atoms with Gasteiger partial charge in [0.15, 0.2) is 11.5 Å². The average Bonchev–Trinajstić information content (AvgIpc) is 3.19. The molecule has 1 heterocycles. The maximum Gasteiger partial charge on any atom is 0.416 e. The smallest absolute Gasteiger partial charge is 0.416 e. The Balaban J connectivity index is 1.56. The number of hydrogen-bond acceptors (Lipinski definition) is 4. The first kappa shape index (κ1) is 26.6. The highest BCUT2D eigenvalue weighted by molar-refractivity contribution is 6.55. The van der Waals surface area contributed by atoms with Gasteiger partial charge in [-0.1, -0.05) is 30.3 Å². The molecule has 0 saturated heterocycles. The van der Waals surface area contributed by atoms with E-state index < -0.39 is 29.4 Å². The average molecular weight is 548 g/mol. The third-order valence-electron chi connectivity index (χ3n) is 6.68. The minimum absolute atomic E-state index is 0.00309. The molecule has 0 atom stereocenters. The van der Waals surface area contributed by atoms with Crippen molar-refractivity contribution in [1.29, 1.82) is 0 Å². The molecule has 10 heteroatoms. The molecule has 0 aliphatic carbocycles. The minimum Gasteiger partial charge on any atom is -0.478 e. The van der Waals surface area contributed by atoms with E-state index in [-0.39, 0.29) is 33.8 Å². The Morgan fingerprint density at radius 1 is 0.900 bits per heavy atom. The Bertz CT molecular complexity index is 1710. The number of rotatable bonds is 5. The zero-order valence-electron chi connectivity index (χ0n) is 21.2. The fourth-order valence-electron chi connectivity index (χ4n) is 4.43. The molecular weight excluding hydrogens is 526 g/mol. The lowest BCUT2D eigenvalue weighted by molar-refractivity contribution is -0.137. The summed E-state index contributed by atoms with van der Waals surface area (Å²) in [6.07, 6.45) is -4.63. The molecule has 1 amide bonds. The number of halogens is 4. The van der Waals surface area contributed by atoms with Crippen molar-refractivity contribution in [1.82, 2.24) is 0 Å². The zero-order chi connectivity index (χ0) is 28.8. The number of nitrogens with zero attached hydrogens (tertiary/aromatic N) is 2. The number of aryl methyl sites for hydroxylation is 2. The van der Waals surface area contributed by atoms with Gasteiger partial charge < -0.3 is 5.11 Å². The molecule has 0 bridgehead atoms. The van der Waals surface area contributed by atoms with Crippen LogP contribution < -0.4 is 10.3 Å². The number of amides is 1. The second kappa shape index (κ2) is 9.96. The van der Waals surface area contributed by atoms with Gasteiger partial charge >= 0.3 is 12.1 Å². The van der Waals surface area contributed by atoms with E-state index in [0.717, 1.165) is 28.2 Å². The van der Waals surface area contributed by atoms with Crippen molar-refractivity contribution in [2.24, 2.45) is 5.10 Å². The predicted molar refractivity (Wildman–Crippen MR) is 143 cm³/mol. The molecular formula is C30H21F4N3O3. The number of carboxylic acid groups (broad SMARTS) is 1. The third kappa shape index (κ3) is 4.79. The van der Waals surface area contributed by atoms with Crippen LogP contribution in [0.5, 0.6) is 0 Å². The summed E-state index contributed by atoms with van der Waals surface area (Å²) in [6, 6.07) is 18.1. The van der Waals surface area contributed by atoms with E-state index in [0.29, 0.717) is 11.3 Å². The van der Waals surface area contributed by atoms with Gasteiger partial charge in [0.2, 0.25) is 0 Å². The molecule has 1 aliphatic rings. The molecule has 40 heavy (non-hydrogen) atoms. The molecule has 0 aromatic heterocycles. The fourth-order valence-corrected chi connectivity index (χ4v) is 4.43. The number of carbonyl (C=O) groups excluding carboxylic acids is 1. The molecule has 0 unspecified atom stereocenters. The predicted octanol–water partition coefficient (Wildman–Crippen LogP) is 7.32. The molecule has 2 N–H and O–H groups in total. The van der Waals surface area contributed by atoms with Crippen LogP contribution in [0.15, 0.2) is 84.0 Å². The van der Waals surface area contributed by atoms with E-state index in [1.165, 1.54) is 42.5 Å². The SMILES string of the molecule is Cc1ccc(N2C(=O)C(=NNc3cccc(-c4cccc(C(=O)O)c4)c3F)c3ccc(C(F)(F)F)cc32)cc1C. The molecule has 4 aromatic carbocycles. The number of benzene rings is 4. The maximum atomic E-state index is 15.5. The first-order valence-corrected chi connectivity index (χ1v) is 12.0. The Labute approximate surface area is 226 Å². The van der Waals surface area contributed by atoms with Crippen molar-refractivity contribution in [3.8, 4) is 11.1 Å². The normalized spacial score (nSPS) is 14.0. The molecule has 0 spiro atoms. The largest absolute Gasteiger partial charge is 0.478 e. The summed E-state index contributed by atoms with van der Waals surface area (Å²) in [5.41, 5.74) is 4.00. The van der Waals surface area contributed by atoms with Crippen molar-refractivity contribution < 1.29 is 32.3 Å². The number of hydrazone groups is 1. The van der Waals surface area contributed by atoms with E-state index in [1.807, 2.05) is 13.8 Å². The molecule has 0 radical (unpaired) electrons. The molecule has 202 valence electrons. The van der Waals surface area contributed by atoms with E-state index in [1.54, 1.807) is 24.3 Å². The number of carboxylic acids is 1. The van der Waals surface area contributed by atoms with Gasteiger partial charge in [0, 0.05) is 16.8 Å². The van der Waals surface area contributed by atoms with Gasteiger partial charge in [-0.25, -0.2) is 9.18 Å². The van der Waals surface area contributed by atoms with Crippen LogP contribution in [0.25, 0.3) is 11.1 Å². The van der Waals surface area contributed by atoms with Crippen molar-refractivity contribution in [2.75, 3.05) is 10.3 Å². The third-order valence-corrected chi connectivity index (χ3v) is 6.68. The number of carbonyl (C=O) groups is 2. The van der Waals surface area contributed by atoms with E-state index in [9.17, 15) is 27.9 Å². The van der Waals surface area contributed by atoms with Gasteiger partial charge in [-0.3, -0.25) is 15.1 Å². The molecule has 5 rings (SSSR count). The van der Waals surface area contributed by atoms with E-state index in [2.05, 4.69) is 10.5 Å². The highest BCUT2D eigenvalue weighted by Gasteiger charge is 2.39. The summed E-state index contributed by atoms with van der Waals surface area (Å²) in [4.78, 5) is 26.0. The topological polar surface area (TPSA) is 82.0 Å². The van der Waals surface area contributed by atoms with Gasteiger partial charge in [0.1, 0.15) is 0 Å². The lowest BCUT2D eigenvalue weighted by Crippen LogP contribution is -2.26. The number of hydrogen-bond donors (Lipinski definition) is 2. The quantitative estimate of drug-likeness (QED) is 0.203. The van der Waals surface area contributed by atoms with Crippen LogP contribution in [-0.2, 0) is 11.0 Å². The lowest BCUT2D eigenvalue weighted by Gasteiger charge is -2.19. The highest BCUT2D eigenvalue weighted by Crippen LogP contribution is 2.41. The van der Waals surface area contributed by atoms with Crippen LogP contribution >= 0.6 is 0 Å². The fraction of sp³-hybridized carbons (Fsp3) is 0.100. The van der Waals surface area contributed by atoms with Crippen molar-refractivity contribution in [2.45, 2.75) is 20.0 Å². The van der Waals surface area contributed by atoms with Crippen molar-refractivity contribution in [3.05, 3.63) is 112 Å². The summed E-state index contributed by atoms with van der Waals surface area (Å²) in [5.74, 6) is -2.60. The Morgan fingerprint density at radius 3 is 2.35 bits per heavy atom. The van der Waals surface area contributed by atoms with Crippen molar-refractivity contribution in [3.63, 3.8) is 0 Å². The first-order valence-electron chi connectivity index (χ1n) is 12.0. The minimum atomic E-state index is -4.63. The second-order valence-corrected chi connectivity index (χ2v) is 9.26. The summed E-state index contributed by atoms with van der Waals surface area (Å²) < 4.78 is 56.1. The molecule has 1 aliphatic heterocycles. The van der Waals surface area contributed by atoms with Gasteiger partial charge in [-0.15, -0.1) is 0 Å². The van der Waals surface area contributed by atoms with Gasteiger partial charge in [0.05, 0.1) is 22.5 Å². The number of aromatic carboxylic acids is 1. The Kier molecular flexibility index (Phi) is 6.62. The molecule has 4 aromatic rings. The molecule has 6 nitrogen and oxygen atoms in total. The monoisotopic (exact) mass is 547 g/mol. The van der Waals surface area contributed by atoms with Crippen LogP contribution in [0.3, 0.4) is 0 Å². The van der Waals surface area contributed by atoms with Crippen LogP contribution in [0, 0.1) is 19.7 Å². The van der Waals surface area contributed by atoms with E-state index in [4.69, 9.17) is 0 Å². The maximum absolute atomic E-state index is 15.5. The summed E-state index contributed by atoms with van der Waals surface area (Å²) in [7, 11) is 0. The highest BCUT2D eigenvalue weighted by atomic mass is 19.4. The van der Waals surface area contributed by atoms with Gasteiger partial charge in [-0.2, -0.15) is 18.3 Å². The summed E-state index contributed by atoms with van der Waals surface area (Å²) in [5, 5.41) is 13.4. The van der Waals surface area contributed by atoms with Crippen molar-refractivity contribution >= 4 is 34.7 Å². The van der Waals surface area contributed by atoms with Crippen LogP contribution in [0.2, 0.25) is 0 Å². The van der Waals surface area contributed by atoms with Crippen LogP contribution in [0.1, 0.15) is 32.6 Å². The number of nitrogens with one attached hydrogen (secondary N) is 1. The van der Waals surface area contributed by atoms with Crippen LogP contribution in [-0.4, -0.2) is 22.7 Å². The number of alkyl halides is 3. The Morgan fingerprint density at radius 2 is 1.65 bits per heavy atom. The summed E-state index contributed by atoms with van der Waals surface area (Å²) >= 11 is 0. The van der Waals surface area contributed by atoms with Crippen LogP contribution in [0.4, 0.5) is 34.6 Å². The summed E-state index contributed by atoms with van der Waals surface area (Å²) in [6.45, 7) is 3.70. The lowest BCUT2D eigenvalue weighted by atomic mass is 10.0. The van der Waals surface area contributed by atoms with Gasteiger partial charge in [-0.05, 0) is 79.1 Å². The number of fused-ring (bicyclic) bond motifs is 1. The molecule has 0 fully saturated rings. The van der Waals surface area contributed by atoms with E-state index >= 15 is 4.39 Å². The second-order valence-electron chi connectivity index (χ2n) is 9.26. The first-order chi connectivity index (χ1) is 19.0. The standard InChI is InChI=1S/C30H21F4N3O3/c1-16-9-11-21(13-17(16)2)37-25-15-20(30(32,33)34)10-12-23(25)27(28(37)38)36-35-24-8-4-7-22(26(24)31)18-5-3-6-19(14-18)29(39)40/h3-15,35H,1-2H3,(H,39,40). The Hall–Kier alpha value is -4.99.